The maximum absolute atomic E-state index is 11.2. The van der Waals surface area contributed by atoms with E-state index in [2.05, 4.69) is 0 Å². The average molecular weight is 240 g/mol. The minimum absolute atomic E-state index is 0.502. The van der Waals surface area contributed by atoms with Gasteiger partial charge in [0.1, 0.15) is 6.61 Å². The molecule has 0 atom stereocenters. The van der Waals surface area contributed by atoms with Crippen molar-refractivity contribution in [3.8, 4) is 22.6 Å². The number of methoxy groups -OCH3 is 1. The molecule has 0 fully saturated rings. The Morgan fingerprint density at radius 2 is 2.06 bits per heavy atom. The van der Waals surface area contributed by atoms with E-state index in [0.717, 1.165) is 23.0 Å². The van der Waals surface area contributed by atoms with Gasteiger partial charge in [0, 0.05) is 11.1 Å². The molecule has 2 aromatic rings. The lowest BCUT2D eigenvalue weighted by Crippen LogP contribution is -2.08. The summed E-state index contributed by atoms with van der Waals surface area (Å²) < 4.78 is 11.0. The standard InChI is InChI=1S/C15H12O3/c1-17-13-7-6-10(8-16)14-12-5-3-2-4-11(12)9-18-15(13)14/h2-8H,9H2,1H3. The van der Waals surface area contributed by atoms with Gasteiger partial charge < -0.3 is 9.47 Å². The zero-order valence-electron chi connectivity index (χ0n) is 9.97. The van der Waals surface area contributed by atoms with E-state index in [0.29, 0.717) is 23.7 Å². The minimum atomic E-state index is 0.502. The van der Waals surface area contributed by atoms with Gasteiger partial charge in [-0.2, -0.15) is 0 Å². The van der Waals surface area contributed by atoms with Crippen molar-refractivity contribution in [3.05, 3.63) is 47.5 Å². The average Bonchev–Trinajstić information content (AvgIpc) is 2.45. The monoisotopic (exact) mass is 240 g/mol. The second kappa shape index (κ2) is 4.18. The van der Waals surface area contributed by atoms with E-state index in [1.807, 2.05) is 24.3 Å². The largest absolute Gasteiger partial charge is 0.493 e. The molecule has 1 heterocycles. The molecule has 1 aliphatic rings. The highest BCUT2D eigenvalue weighted by Gasteiger charge is 2.23. The Hall–Kier alpha value is -2.29. The molecule has 0 N–H and O–H groups in total. The molecule has 0 amide bonds. The van der Waals surface area contributed by atoms with Crippen molar-refractivity contribution in [3.63, 3.8) is 0 Å². The first kappa shape index (κ1) is 10.8. The topological polar surface area (TPSA) is 35.5 Å². The second-order valence-electron chi connectivity index (χ2n) is 4.12. The summed E-state index contributed by atoms with van der Waals surface area (Å²) in [6, 6.07) is 11.5. The van der Waals surface area contributed by atoms with Gasteiger partial charge in [-0.3, -0.25) is 4.79 Å². The van der Waals surface area contributed by atoms with E-state index in [4.69, 9.17) is 9.47 Å². The third-order valence-corrected chi connectivity index (χ3v) is 3.16. The summed E-state index contributed by atoms with van der Waals surface area (Å²) in [5.74, 6) is 1.31. The van der Waals surface area contributed by atoms with Crippen LogP contribution in [0.4, 0.5) is 0 Å². The van der Waals surface area contributed by atoms with Crippen LogP contribution < -0.4 is 9.47 Å². The molecule has 0 radical (unpaired) electrons. The highest BCUT2D eigenvalue weighted by Crippen LogP contribution is 2.44. The molecule has 0 aromatic heterocycles. The normalized spacial score (nSPS) is 12.1. The minimum Gasteiger partial charge on any atom is -0.493 e. The fourth-order valence-electron chi connectivity index (χ4n) is 2.30. The van der Waals surface area contributed by atoms with Crippen molar-refractivity contribution in [1.82, 2.24) is 0 Å². The number of fused-ring (bicyclic) bond motifs is 3. The fourth-order valence-corrected chi connectivity index (χ4v) is 2.30. The summed E-state index contributed by atoms with van der Waals surface area (Å²) in [5.41, 5.74) is 3.57. The molecule has 0 bridgehead atoms. The quantitative estimate of drug-likeness (QED) is 0.757. The van der Waals surface area contributed by atoms with E-state index >= 15 is 0 Å². The van der Waals surface area contributed by atoms with E-state index in [-0.39, 0.29) is 0 Å². The molecular weight excluding hydrogens is 228 g/mol. The number of carbonyl (C=O) groups is 1. The Bertz CT molecular complexity index is 617. The van der Waals surface area contributed by atoms with Crippen LogP contribution in [0.15, 0.2) is 36.4 Å². The van der Waals surface area contributed by atoms with Crippen LogP contribution in [0.2, 0.25) is 0 Å². The van der Waals surface area contributed by atoms with Gasteiger partial charge in [-0.05, 0) is 23.3 Å². The van der Waals surface area contributed by atoms with E-state index in [9.17, 15) is 4.79 Å². The van der Waals surface area contributed by atoms with Crippen LogP contribution >= 0.6 is 0 Å². The number of hydrogen-bond acceptors (Lipinski definition) is 3. The van der Waals surface area contributed by atoms with Crippen LogP contribution in [0.5, 0.6) is 11.5 Å². The van der Waals surface area contributed by atoms with Crippen molar-refractivity contribution in [2.24, 2.45) is 0 Å². The summed E-state index contributed by atoms with van der Waals surface area (Å²) >= 11 is 0. The zero-order valence-corrected chi connectivity index (χ0v) is 9.97. The van der Waals surface area contributed by atoms with E-state index < -0.39 is 0 Å². The van der Waals surface area contributed by atoms with Gasteiger partial charge >= 0.3 is 0 Å². The molecule has 2 aromatic carbocycles. The van der Waals surface area contributed by atoms with Crippen LogP contribution in [0.25, 0.3) is 11.1 Å². The van der Waals surface area contributed by atoms with E-state index in [1.165, 1.54) is 0 Å². The van der Waals surface area contributed by atoms with Crippen molar-refractivity contribution in [2.45, 2.75) is 6.61 Å². The van der Waals surface area contributed by atoms with Crippen LogP contribution in [0.3, 0.4) is 0 Å². The van der Waals surface area contributed by atoms with Crippen molar-refractivity contribution in [1.29, 1.82) is 0 Å². The van der Waals surface area contributed by atoms with Gasteiger partial charge in [0.15, 0.2) is 17.8 Å². The Labute approximate surface area is 105 Å². The molecule has 90 valence electrons. The maximum atomic E-state index is 11.2. The smallest absolute Gasteiger partial charge is 0.170 e. The first-order valence-corrected chi connectivity index (χ1v) is 5.72. The molecule has 18 heavy (non-hydrogen) atoms. The van der Waals surface area contributed by atoms with Gasteiger partial charge in [-0.1, -0.05) is 24.3 Å². The number of aldehydes is 1. The molecule has 3 rings (SSSR count). The SMILES string of the molecule is COc1ccc(C=O)c2c1OCc1ccccc1-2. The lowest BCUT2D eigenvalue weighted by molar-refractivity contribution is 0.112. The summed E-state index contributed by atoms with van der Waals surface area (Å²) in [6.45, 7) is 0.502. The van der Waals surface area contributed by atoms with Gasteiger partial charge in [-0.25, -0.2) is 0 Å². The third kappa shape index (κ3) is 1.48. The van der Waals surface area contributed by atoms with Crippen molar-refractivity contribution in [2.75, 3.05) is 7.11 Å². The predicted molar refractivity (Wildman–Crippen MR) is 68.1 cm³/mol. The maximum Gasteiger partial charge on any atom is 0.170 e. The molecule has 0 unspecified atom stereocenters. The van der Waals surface area contributed by atoms with Crippen LogP contribution in [0.1, 0.15) is 15.9 Å². The number of carbonyl (C=O) groups excluding carboxylic acids is 1. The lowest BCUT2D eigenvalue weighted by Gasteiger charge is -2.23. The first-order chi connectivity index (χ1) is 8.85. The fraction of sp³-hybridized carbons (Fsp3) is 0.133. The third-order valence-electron chi connectivity index (χ3n) is 3.16. The second-order valence-corrected chi connectivity index (χ2v) is 4.12. The molecule has 1 aliphatic heterocycles. The van der Waals surface area contributed by atoms with E-state index in [1.54, 1.807) is 19.2 Å². The molecule has 3 nitrogen and oxygen atoms in total. The first-order valence-electron chi connectivity index (χ1n) is 5.72. The summed E-state index contributed by atoms with van der Waals surface area (Å²) in [4.78, 5) is 11.2. The van der Waals surface area contributed by atoms with Crippen LogP contribution in [0, 0.1) is 0 Å². The Morgan fingerprint density at radius 3 is 2.83 bits per heavy atom. The number of rotatable bonds is 2. The molecule has 0 saturated carbocycles. The zero-order chi connectivity index (χ0) is 12.5. The highest BCUT2D eigenvalue weighted by atomic mass is 16.5. The summed E-state index contributed by atoms with van der Waals surface area (Å²) in [7, 11) is 1.60. The van der Waals surface area contributed by atoms with Crippen molar-refractivity contribution >= 4 is 6.29 Å². The lowest BCUT2D eigenvalue weighted by atomic mass is 9.93. The molecule has 0 aliphatic carbocycles. The number of hydrogen-bond donors (Lipinski definition) is 0. The van der Waals surface area contributed by atoms with Crippen LogP contribution in [-0.4, -0.2) is 13.4 Å². The Balaban J connectivity index is 2.34. The van der Waals surface area contributed by atoms with Gasteiger partial charge in [0.05, 0.1) is 7.11 Å². The van der Waals surface area contributed by atoms with Crippen molar-refractivity contribution < 1.29 is 14.3 Å². The Kier molecular flexibility index (Phi) is 2.52. The molecule has 0 saturated heterocycles. The molecular formula is C15H12O3. The van der Waals surface area contributed by atoms with Gasteiger partial charge in [0.2, 0.25) is 0 Å². The summed E-state index contributed by atoms with van der Waals surface area (Å²) in [5, 5.41) is 0. The highest BCUT2D eigenvalue weighted by molar-refractivity contribution is 5.93. The predicted octanol–water partition coefficient (Wildman–Crippen LogP) is 3.07. The number of ether oxygens (including phenoxy) is 2. The summed E-state index contributed by atoms with van der Waals surface area (Å²) in [6.07, 6.45) is 0.851. The van der Waals surface area contributed by atoms with Gasteiger partial charge in [-0.15, -0.1) is 0 Å². The molecule has 3 heteroatoms. The number of benzene rings is 2. The Morgan fingerprint density at radius 1 is 1.22 bits per heavy atom. The van der Waals surface area contributed by atoms with Gasteiger partial charge in [0.25, 0.3) is 0 Å². The van der Waals surface area contributed by atoms with Crippen LogP contribution in [-0.2, 0) is 6.61 Å². The molecule has 0 spiro atoms.